The first-order chi connectivity index (χ1) is 11.0. The number of hydrogen-bond donors (Lipinski definition) is 1. The molecule has 1 N–H and O–H groups in total. The lowest BCUT2D eigenvalue weighted by atomic mass is 10.1. The van der Waals surface area contributed by atoms with Gasteiger partial charge in [-0.1, -0.05) is 18.2 Å². The number of nitrogens with one attached hydrogen (secondary N) is 1. The summed E-state index contributed by atoms with van der Waals surface area (Å²) in [6.45, 7) is 4.08. The zero-order valence-corrected chi connectivity index (χ0v) is 13.6. The molecule has 0 radical (unpaired) electrons. The van der Waals surface area contributed by atoms with Gasteiger partial charge in [0.1, 0.15) is 0 Å². The third-order valence-electron chi connectivity index (χ3n) is 3.54. The van der Waals surface area contributed by atoms with Gasteiger partial charge in [-0.3, -0.25) is 9.59 Å². The number of Topliss-reactive ketones (excluding diaryl/α,β-unsaturated/α-hetero) is 1. The van der Waals surface area contributed by atoms with Crippen molar-refractivity contribution >= 4 is 29.3 Å². The molecular formula is C18H15NO3S. The molecule has 0 amide bonds. The van der Waals surface area contributed by atoms with Crippen molar-refractivity contribution in [3.05, 3.63) is 78.6 Å². The van der Waals surface area contributed by atoms with E-state index in [1.807, 2.05) is 38.1 Å². The first-order valence-corrected chi connectivity index (χ1v) is 7.92. The van der Waals surface area contributed by atoms with E-state index < -0.39 is 0 Å². The zero-order chi connectivity index (χ0) is 16.4. The summed E-state index contributed by atoms with van der Waals surface area (Å²) in [5.74, 6) is -0.0239. The Morgan fingerprint density at radius 3 is 2.74 bits per heavy atom. The number of aromatic amines is 1. The highest BCUT2D eigenvalue weighted by molar-refractivity contribution is 7.07. The molecule has 0 spiro atoms. The molecule has 5 heteroatoms. The van der Waals surface area contributed by atoms with Gasteiger partial charge >= 0.3 is 0 Å². The van der Waals surface area contributed by atoms with E-state index in [0.717, 1.165) is 5.56 Å². The second-order valence-corrected chi connectivity index (χ2v) is 6.34. The normalized spacial score (nSPS) is 12.8. The van der Waals surface area contributed by atoms with E-state index in [0.29, 0.717) is 9.20 Å². The highest BCUT2D eigenvalue weighted by Gasteiger charge is 2.05. The van der Waals surface area contributed by atoms with Crippen molar-refractivity contribution in [1.82, 2.24) is 4.98 Å². The predicted octanol–water partition coefficient (Wildman–Crippen LogP) is 2.14. The lowest BCUT2D eigenvalue weighted by Gasteiger charge is -1.99. The molecule has 4 nitrogen and oxygen atoms in total. The van der Waals surface area contributed by atoms with Crippen LogP contribution < -0.4 is 14.8 Å². The Kier molecular flexibility index (Phi) is 4.12. The van der Waals surface area contributed by atoms with E-state index in [1.165, 1.54) is 34.8 Å². The van der Waals surface area contributed by atoms with E-state index in [4.69, 9.17) is 4.42 Å². The minimum Gasteiger partial charge on any atom is -0.461 e. The van der Waals surface area contributed by atoms with Gasteiger partial charge < -0.3 is 9.40 Å². The molecule has 1 aromatic carbocycles. The van der Waals surface area contributed by atoms with Crippen molar-refractivity contribution < 1.29 is 9.21 Å². The smallest absolute Gasteiger partial charge is 0.266 e. The molecule has 0 aliphatic rings. The molecule has 0 aliphatic heterocycles. The van der Waals surface area contributed by atoms with Crippen molar-refractivity contribution in [2.75, 3.05) is 0 Å². The molecule has 0 bridgehead atoms. The van der Waals surface area contributed by atoms with E-state index in [-0.39, 0.29) is 17.1 Å². The molecule has 23 heavy (non-hydrogen) atoms. The third-order valence-corrected chi connectivity index (χ3v) is 4.50. The van der Waals surface area contributed by atoms with Crippen LogP contribution in [0.25, 0.3) is 12.2 Å². The second kappa shape index (κ2) is 6.22. The fraction of sp³-hybridized carbons (Fsp3) is 0.111. The van der Waals surface area contributed by atoms with Gasteiger partial charge in [0.2, 0.25) is 5.78 Å². The number of carbonyl (C=O) groups excluding carboxylic acids is 1. The number of hydrogen-bond acceptors (Lipinski definition) is 4. The maximum atomic E-state index is 12.0. The van der Waals surface area contributed by atoms with Gasteiger partial charge in [-0.25, -0.2) is 0 Å². The Balaban J connectivity index is 2.01. The fourth-order valence-electron chi connectivity index (χ4n) is 2.14. The molecule has 2 heterocycles. The van der Waals surface area contributed by atoms with Crippen LogP contribution in [0, 0.1) is 13.8 Å². The summed E-state index contributed by atoms with van der Waals surface area (Å²) >= 11 is 1.25. The van der Waals surface area contributed by atoms with Gasteiger partial charge in [0.05, 0.1) is 15.5 Å². The summed E-state index contributed by atoms with van der Waals surface area (Å²) in [5, 5.41) is 0. The molecule has 0 saturated carbocycles. The Bertz CT molecular complexity index is 1020. The highest BCUT2D eigenvalue weighted by atomic mass is 32.1. The summed E-state index contributed by atoms with van der Waals surface area (Å²) in [5.41, 5.74) is 3.14. The van der Waals surface area contributed by atoms with E-state index in [2.05, 4.69) is 4.98 Å². The molecule has 0 fully saturated rings. The van der Waals surface area contributed by atoms with Gasteiger partial charge in [-0.2, -0.15) is 0 Å². The third kappa shape index (κ3) is 3.40. The monoisotopic (exact) mass is 325 g/mol. The van der Waals surface area contributed by atoms with Crippen molar-refractivity contribution in [2.45, 2.75) is 13.8 Å². The van der Waals surface area contributed by atoms with Crippen LogP contribution in [0.2, 0.25) is 0 Å². The minimum absolute atomic E-state index is 0.202. The molecule has 3 rings (SSSR count). The molecule has 0 atom stereocenters. The van der Waals surface area contributed by atoms with Crippen molar-refractivity contribution in [3.8, 4) is 0 Å². The van der Waals surface area contributed by atoms with Crippen LogP contribution in [-0.4, -0.2) is 10.8 Å². The molecule has 0 saturated heterocycles. The Labute approximate surface area is 136 Å². The van der Waals surface area contributed by atoms with E-state index in [9.17, 15) is 9.59 Å². The predicted molar refractivity (Wildman–Crippen MR) is 91.2 cm³/mol. The standard InChI is InChI=1S/C18H15NO3S/c1-11-5-6-13(8-12(11)2)9-16-18(21)19-17(23-16)10-14(20)15-4-3-7-22-15/h3-10H,1-2H3,(H,19,21)/b16-9+,17-10-. The maximum Gasteiger partial charge on any atom is 0.266 e. The Hall–Kier alpha value is -2.66. The summed E-state index contributed by atoms with van der Waals surface area (Å²) in [7, 11) is 0. The molecule has 0 aliphatic carbocycles. The first kappa shape index (κ1) is 15.2. The van der Waals surface area contributed by atoms with Crippen LogP contribution in [0.1, 0.15) is 27.2 Å². The maximum absolute atomic E-state index is 12.0. The van der Waals surface area contributed by atoms with Crippen LogP contribution in [0.3, 0.4) is 0 Å². The number of aryl methyl sites for hydroxylation is 2. The molecule has 2 aromatic heterocycles. The fourth-order valence-corrected chi connectivity index (χ4v) is 3.02. The van der Waals surface area contributed by atoms with Crippen LogP contribution in [0.4, 0.5) is 0 Å². The number of furan rings is 1. The molecular weight excluding hydrogens is 310 g/mol. The topological polar surface area (TPSA) is 63.1 Å². The van der Waals surface area contributed by atoms with Crippen molar-refractivity contribution in [3.63, 3.8) is 0 Å². The summed E-state index contributed by atoms with van der Waals surface area (Å²) < 4.78 is 6.12. The van der Waals surface area contributed by atoms with Crippen LogP contribution in [-0.2, 0) is 0 Å². The number of benzene rings is 1. The number of aromatic nitrogens is 1. The average Bonchev–Trinajstić information content (AvgIpc) is 3.14. The van der Waals surface area contributed by atoms with E-state index in [1.54, 1.807) is 12.1 Å². The average molecular weight is 325 g/mol. The van der Waals surface area contributed by atoms with Gasteiger partial charge in [0.15, 0.2) is 5.76 Å². The molecule has 0 unspecified atom stereocenters. The first-order valence-electron chi connectivity index (χ1n) is 7.10. The van der Waals surface area contributed by atoms with Gasteiger partial charge in [-0.15, -0.1) is 11.3 Å². The van der Waals surface area contributed by atoms with Crippen LogP contribution in [0.5, 0.6) is 0 Å². The van der Waals surface area contributed by atoms with E-state index >= 15 is 0 Å². The van der Waals surface area contributed by atoms with Gasteiger partial charge in [-0.05, 0) is 48.7 Å². The number of carbonyl (C=O) groups is 1. The SMILES string of the molecule is Cc1ccc(/C=c2/s/c(=C\C(=O)c3ccco3)[nH]c2=O)cc1C. The van der Waals surface area contributed by atoms with Crippen LogP contribution in [0.15, 0.2) is 45.8 Å². The summed E-state index contributed by atoms with van der Waals surface area (Å²) in [6, 6.07) is 9.27. The van der Waals surface area contributed by atoms with Gasteiger partial charge in [0.25, 0.3) is 5.56 Å². The van der Waals surface area contributed by atoms with Crippen LogP contribution >= 0.6 is 11.3 Å². The largest absolute Gasteiger partial charge is 0.461 e. The molecule has 116 valence electrons. The summed E-state index contributed by atoms with van der Waals surface area (Å²) in [6.07, 6.45) is 4.64. The lowest BCUT2D eigenvalue weighted by molar-refractivity contribution is 0.103. The van der Waals surface area contributed by atoms with Crippen molar-refractivity contribution in [2.24, 2.45) is 0 Å². The Morgan fingerprint density at radius 2 is 2.04 bits per heavy atom. The highest BCUT2D eigenvalue weighted by Crippen LogP contribution is 2.10. The number of ketones is 1. The minimum atomic E-state index is -0.273. The number of thiazole rings is 1. The van der Waals surface area contributed by atoms with Crippen molar-refractivity contribution in [1.29, 1.82) is 0 Å². The molecule has 3 aromatic rings. The quantitative estimate of drug-likeness (QED) is 0.751. The number of rotatable bonds is 3. The zero-order valence-electron chi connectivity index (χ0n) is 12.8. The lowest BCUT2D eigenvalue weighted by Crippen LogP contribution is -2.20. The summed E-state index contributed by atoms with van der Waals surface area (Å²) in [4.78, 5) is 26.7. The Morgan fingerprint density at radius 1 is 1.22 bits per heavy atom. The number of H-pyrrole nitrogens is 1. The second-order valence-electron chi connectivity index (χ2n) is 5.26. The van der Waals surface area contributed by atoms with Gasteiger partial charge in [0, 0.05) is 6.08 Å².